The van der Waals surface area contributed by atoms with Crippen molar-refractivity contribution < 1.29 is 4.39 Å². The smallest absolute Gasteiger partial charge is 0.128 e. The van der Waals surface area contributed by atoms with Crippen LogP contribution in [0, 0.1) is 15.3 Å². The molecule has 0 spiro atoms. The Kier molecular flexibility index (Phi) is 7.72. The predicted octanol–water partition coefficient (Wildman–Crippen LogP) is 3.84. The van der Waals surface area contributed by atoms with Gasteiger partial charge in [-0.05, 0) is 53.1 Å². The first-order valence-electron chi connectivity index (χ1n) is 6.97. The summed E-state index contributed by atoms with van der Waals surface area (Å²) in [4.78, 5) is 2.42. The lowest BCUT2D eigenvalue weighted by molar-refractivity contribution is 0.151. The quantitative estimate of drug-likeness (QED) is 0.756. The zero-order valence-corrected chi connectivity index (χ0v) is 15.0. The summed E-state index contributed by atoms with van der Waals surface area (Å²) in [7, 11) is 0. The van der Waals surface area contributed by atoms with E-state index < -0.39 is 0 Å². The van der Waals surface area contributed by atoms with Crippen molar-refractivity contribution in [3.63, 3.8) is 0 Å². The van der Waals surface area contributed by atoms with E-state index in [0.29, 0.717) is 5.92 Å². The van der Waals surface area contributed by atoms with Gasteiger partial charge in [-0.15, -0.1) is 12.4 Å². The minimum atomic E-state index is -0.0652. The Balaban J connectivity index is 0.00000200. The van der Waals surface area contributed by atoms with Crippen LogP contribution in [0.25, 0.3) is 0 Å². The van der Waals surface area contributed by atoms with Crippen molar-refractivity contribution in [1.29, 1.82) is 0 Å². The van der Waals surface area contributed by atoms with Gasteiger partial charge in [0.25, 0.3) is 0 Å². The van der Waals surface area contributed by atoms with Gasteiger partial charge in [0, 0.05) is 41.4 Å². The number of nitrogens with zero attached hydrogens (tertiary/aromatic N) is 1. The van der Waals surface area contributed by atoms with Crippen molar-refractivity contribution in [2.75, 3.05) is 26.2 Å². The SMILES string of the molecule is CC(C)C[C@@H](c1cc(I)ccc1F)N1CCNCC1.Cl. The number of piperazine rings is 1. The lowest BCUT2D eigenvalue weighted by Crippen LogP contribution is -2.45. The van der Waals surface area contributed by atoms with Crippen molar-refractivity contribution in [3.05, 3.63) is 33.1 Å². The molecule has 0 saturated carbocycles. The Labute approximate surface area is 141 Å². The molecule has 1 N–H and O–H groups in total. The molecule has 2 nitrogen and oxygen atoms in total. The van der Waals surface area contributed by atoms with Crippen LogP contribution in [0.3, 0.4) is 0 Å². The lowest BCUT2D eigenvalue weighted by atomic mass is 9.94. The topological polar surface area (TPSA) is 15.3 Å². The van der Waals surface area contributed by atoms with E-state index >= 15 is 0 Å². The fourth-order valence-corrected chi connectivity index (χ4v) is 3.20. The lowest BCUT2D eigenvalue weighted by Gasteiger charge is -2.36. The normalized spacial score (nSPS) is 17.9. The van der Waals surface area contributed by atoms with Crippen LogP contribution in [0.5, 0.6) is 0 Å². The number of nitrogens with one attached hydrogen (secondary N) is 1. The maximum Gasteiger partial charge on any atom is 0.128 e. The molecule has 1 saturated heterocycles. The van der Waals surface area contributed by atoms with Gasteiger partial charge < -0.3 is 5.32 Å². The highest BCUT2D eigenvalue weighted by atomic mass is 127. The number of rotatable bonds is 4. The van der Waals surface area contributed by atoms with Crippen LogP contribution in [0.1, 0.15) is 31.9 Å². The highest BCUT2D eigenvalue weighted by Gasteiger charge is 2.25. The van der Waals surface area contributed by atoms with E-state index in [0.717, 1.165) is 41.7 Å². The minimum Gasteiger partial charge on any atom is -0.314 e. The second-order valence-corrected chi connectivity index (χ2v) is 6.84. The Morgan fingerprint density at radius 1 is 1.30 bits per heavy atom. The van der Waals surface area contributed by atoms with E-state index in [2.05, 4.69) is 46.7 Å². The maximum absolute atomic E-state index is 14.2. The van der Waals surface area contributed by atoms with Crippen molar-refractivity contribution >= 4 is 35.0 Å². The molecule has 0 bridgehead atoms. The molecule has 1 aliphatic heterocycles. The van der Waals surface area contributed by atoms with E-state index in [-0.39, 0.29) is 24.3 Å². The molecule has 0 aliphatic carbocycles. The largest absolute Gasteiger partial charge is 0.314 e. The molecule has 1 aliphatic rings. The molecule has 1 aromatic rings. The van der Waals surface area contributed by atoms with Crippen LogP contribution >= 0.6 is 35.0 Å². The fraction of sp³-hybridized carbons (Fsp3) is 0.600. The molecule has 2 rings (SSSR count). The third-order valence-electron chi connectivity index (χ3n) is 3.60. The molecule has 5 heteroatoms. The van der Waals surface area contributed by atoms with Crippen molar-refractivity contribution in [1.82, 2.24) is 10.2 Å². The maximum atomic E-state index is 14.2. The molecule has 0 aromatic heterocycles. The van der Waals surface area contributed by atoms with E-state index in [1.807, 2.05) is 12.1 Å². The summed E-state index contributed by atoms with van der Waals surface area (Å²) in [5, 5.41) is 3.36. The van der Waals surface area contributed by atoms with E-state index in [1.165, 1.54) is 0 Å². The molecular formula is C15H23ClFIN2. The summed E-state index contributed by atoms with van der Waals surface area (Å²) >= 11 is 2.26. The van der Waals surface area contributed by atoms with Gasteiger partial charge in [0.2, 0.25) is 0 Å². The van der Waals surface area contributed by atoms with Crippen LogP contribution in [0.15, 0.2) is 18.2 Å². The summed E-state index contributed by atoms with van der Waals surface area (Å²) in [6.07, 6.45) is 1.01. The molecule has 1 aromatic carbocycles. The molecule has 0 radical (unpaired) electrons. The van der Waals surface area contributed by atoms with Crippen molar-refractivity contribution in [2.24, 2.45) is 5.92 Å². The molecule has 1 heterocycles. The van der Waals surface area contributed by atoms with Crippen LogP contribution in [-0.2, 0) is 0 Å². The number of hydrogen-bond acceptors (Lipinski definition) is 2. The highest BCUT2D eigenvalue weighted by Crippen LogP contribution is 2.30. The standard InChI is InChI=1S/C15H22FIN2.ClH/c1-11(2)9-15(19-7-5-18-6-8-19)13-10-12(17)3-4-14(13)16;/h3-4,10-11,15,18H,5-9H2,1-2H3;1H/t15-;/m0./s1. The molecule has 0 amide bonds. The summed E-state index contributed by atoms with van der Waals surface area (Å²) in [5.74, 6) is 0.502. The van der Waals surface area contributed by atoms with Crippen LogP contribution in [0.4, 0.5) is 4.39 Å². The molecule has 1 atom stereocenters. The first kappa shape index (κ1) is 18.1. The first-order chi connectivity index (χ1) is 9.08. The minimum absolute atomic E-state index is 0. The van der Waals surface area contributed by atoms with Gasteiger partial charge in [-0.2, -0.15) is 0 Å². The third kappa shape index (κ3) is 4.83. The molecule has 114 valence electrons. The summed E-state index contributed by atoms with van der Waals surface area (Å²) in [6.45, 7) is 8.42. The van der Waals surface area contributed by atoms with Gasteiger partial charge in [0.05, 0.1) is 0 Å². The zero-order chi connectivity index (χ0) is 13.8. The average molecular weight is 413 g/mol. The highest BCUT2D eigenvalue weighted by molar-refractivity contribution is 14.1. The van der Waals surface area contributed by atoms with Gasteiger partial charge in [-0.3, -0.25) is 4.90 Å². The van der Waals surface area contributed by atoms with Gasteiger partial charge in [0.15, 0.2) is 0 Å². The first-order valence-corrected chi connectivity index (χ1v) is 8.05. The Morgan fingerprint density at radius 3 is 2.55 bits per heavy atom. The Hall–Kier alpha value is 0.0900. The fourth-order valence-electron chi connectivity index (χ4n) is 2.68. The van der Waals surface area contributed by atoms with Gasteiger partial charge in [-0.1, -0.05) is 13.8 Å². The van der Waals surface area contributed by atoms with E-state index in [9.17, 15) is 4.39 Å². The number of halogens is 3. The second kappa shape index (κ2) is 8.51. The van der Waals surface area contributed by atoms with Crippen LogP contribution in [-0.4, -0.2) is 31.1 Å². The van der Waals surface area contributed by atoms with Gasteiger partial charge in [0.1, 0.15) is 5.82 Å². The number of benzene rings is 1. The summed E-state index contributed by atoms with van der Waals surface area (Å²) in [6, 6.07) is 5.65. The second-order valence-electron chi connectivity index (χ2n) is 5.60. The van der Waals surface area contributed by atoms with E-state index in [4.69, 9.17) is 0 Å². The zero-order valence-electron chi connectivity index (χ0n) is 12.0. The monoisotopic (exact) mass is 412 g/mol. The van der Waals surface area contributed by atoms with E-state index in [1.54, 1.807) is 6.07 Å². The summed E-state index contributed by atoms with van der Waals surface area (Å²) < 4.78 is 15.3. The molecule has 1 fully saturated rings. The van der Waals surface area contributed by atoms with Crippen molar-refractivity contribution in [2.45, 2.75) is 26.3 Å². The van der Waals surface area contributed by atoms with Gasteiger partial charge in [-0.25, -0.2) is 4.39 Å². The molecule has 0 unspecified atom stereocenters. The van der Waals surface area contributed by atoms with Crippen LogP contribution in [0.2, 0.25) is 0 Å². The molecular weight excluding hydrogens is 390 g/mol. The summed E-state index contributed by atoms with van der Waals surface area (Å²) in [5.41, 5.74) is 0.863. The van der Waals surface area contributed by atoms with Gasteiger partial charge >= 0.3 is 0 Å². The predicted molar refractivity (Wildman–Crippen MR) is 93.0 cm³/mol. The average Bonchev–Trinajstić information content (AvgIpc) is 2.40. The third-order valence-corrected chi connectivity index (χ3v) is 4.28. The van der Waals surface area contributed by atoms with Crippen molar-refractivity contribution in [3.8, 4) is 0 Å². The number of hydrogen-bond donors (Lipinski definition) is 1. The van der Waals surface area contributed by atoms with Crippen LogP contribution < -0.4 is 5.32 Å². The molecule has 20 heavy (non-hydrogen) atoms. The Bertz CT molecular complexity index is 422. The Morgan fingerprint density at radius 2 is 1.95 bits per heavy atom.